The fourth-order valence-corrected chi connectivity index (χ4v) is 2.28. The van der Waals surface area contributed by atoms with Gasteiger partial charge in [-0.15, -0.1) is 0 Å². The molecule has 1 aliphatic rings. The first-order valence-electron chi connectivity index (χ1n) is 5.92. The van der Waals surface area contributed by atoms with Crippen LogP contribution in [-0.4, -0.2) is 50.8 Å². The number of carbonyl (C=O) groups excluding carboxylic acids is 1. The number of aliphatic carboxylic acids is 1. The smallest absolute Gasteiger partial charge is 0.326 e. The molecule has 1 aromatic rings. The number of nitrogens with zero attached hydrogens (tertiary/aromatic N) is 1. The minimum Gasteiger partial charge on any atom is -0.508 e. The first-order valence-corrected chi connectivity index (χ1v) is 5.92. The fourth-order valence-electron chi connectivity index (χ4n) is 2.28. The SMILES string of the molecule is Cc1c(O)cccc1C(=O)N1C[C@H](O)C[C@H]1C(=O)O. The highest BCUT2D eigenvalue weighted by Gasteiger charge is 2.39. The summed E-state index contributed by atoms with van der Waals surface area (Å²) >= 11 is 0. The van der Waals surface area contributed by atoms with E-state index in [4.69, 9.17) is 5.11 Å². The second-order valence-corrected chi connectivity index (χ2v) is 4.65. The maximum absolute atomic E-state index is 12.3. The lowest BCUT2D eigenvalue weighted by molar-refractivity contribution is -0.141. The van der Waals surface area contributed by atoms with E-state index in [1.165, 1.54) is 18.2 Å². The summed E-state index contributed by atoms with van der Waals surface area (Å²) in [5.41, 5.74) is 0.651. The van der Waals surface area contributed by atoms with Gasteiger partial charge in [0.1, 0.15) is 11.8 Å². The Morgan fingerprint density at radius 2 is 2.05 bits per heavy atom. The van der Waals surface area contributed by atoms with Crippen molar-refractivity contribution < 1.29 is 24.9 Å². The largest absolute Gasteiger partial charge is 0.508 e. The van der Waals surface area contributed by atoms with E-state index in [0.29, 0.717) is 5.56 Å². The summed E-state index contributed by atoms with van der Waals surface area (Å²) in [6.07, 6.45) is -0.804. The quantitative estimate of drug-likeness (QED) is 0.717. The number of phenolic OH excluding ortho intramolecular Hbond substituents is 1. The molecular weight excluding hydrogens is 250 g/mol. The summed E-state index contributed by atoms with van der Waals surface area (Å²) in [7, 11) is 0. The lowest BCUT2D eigenvalue weighted by Gasteiger charge is -2.22. The number of aliphatic hydroxyl groups is 1. The first-order chi connectivity index (χ1) is 8.91. The predicted octanol–water partition coefficient (Wildman–Crippen LogP) is 0.361. The van der Waals surface area contributed by atoms with Gasteiger partial charge in [-0.2, -0.15) is 0 Å². The number of likely N-dealkylation sites (tertiary alicyclic amines) is 1. The molecule has 6 nitrogen and oxygen atoms in total. The van der Waals surface area contributed by atoms with Crippen molar-refractivity contribution in [2.75, 3.05) is 6.54 Å². The molecule has 0 spiro atoms. The van der Waals surface area contributed by atoms with Gasteiger partial charge in [0.15, 0.2) is 0 Å². The van der Waals surface area contributed by atoms with E-state index in [1.54, 1.807) is 6.92 Å². The fraction of sp³-hybridized carbons (Fsp3) is 0.385. The van der Waals surface area contributed by atoms with Crippen molar-refractivity contribution in [2.24, 2.45) is 0 Å². The zero-order valence-corrected chi connectivity index (χ0v) is 10.4. The van der Waals surface area contributed by atoms with Gasteiger partial charge >= 0.3 is 5.97 Å². The van der Waals surface area contributed by atoms with E-state index < -0.39 is 24.0 Å². The van der Waals surface area contributed by atoms with Crippen LogP contribution in [0, 0.1) is 6.92 Å². The summed E-state index contributed by atoms with van der Waals surface area (Å²) in [6, 6.07) is 3.49. The Hall–Kier alpha value is -2.08. The number of benzene rings is 1. The molecule has 0 bridgehead atoms. The van der Waals surface area contributed by atoms with Crippen molar-refractivity contribution in [2.45, 2.75) is 25.5 Å². The Morgan fingerprint density at radius 1 is 1.37 bits per heavy atom. The number of aliphatic hydroxyl groups excluding tert-OH is 1. The van der Waals surface area contributed by atoms with E-state index in [2.05, 4.69) is 0 Å². The zero-order chi connectivity index (χ0) is 14.2. The highest BCUT2D eigenvalue weighted by molar-refractivity contribution is 5.98. The number of carboxylic acid groups (broad SMARTS) is 1. The molecule has 0 unspecified atom stereocenters. The summed E-state index contributed by atoms with van der Waals surface area (Å²) in [5, 5.41) is 28.2. The number of phenols is 1. The van der Waals surface area contributed by atoms with E-state index in [1.807, 2.05) is 0 Å². The van der Waals surface area contributed by atoms with Crippen LogP contribution >= 0.6 is 0 Å². The molecule has 1 amide bonds. The van der Waals surface area contributed by atoms with Gasteiger partial charge in [-0.05, 0) is 19.1 Å². The minimum atomic E-state index is -1.14. The van der Waals surface area contributed by atoms with Crippen LogP contribution in [-0.2, 0) is 4.79 Å². The highest BCUT2D eigenvalue weighted by atomic mass is 16.4. The number of carbonyl (C=O) groups is 2. The molecule has 2 rings (SSSR count). The third-order valence-corrected chi connectivity index (χ3v) is 3.36. The molecule has 6 heteroatoms. The molecule has 19 heavy (non-hydrogen) atoms. The maximum atomic E-state index is 12.3. The van der Waals surface area contributed by atoms with E-state index >= 15 is 0 Å². The molecule has 0 radical (unpaired) electrons. The van der Waals surface area contributed by atoms with Gasteiger partial charge < -0.3 is 20.2 Å². The number of hydrogen-bond acceptors (Lipinski definition) is 4. The van der Waals surface area contributed by atoms with Gasteiger partial charge in [0, 0.05) is 24.1 Å². The number of aromatic hydroxyl groups is 1. The average molecular weight is 265 g/mol. The molecule has 1 fully saturated rings. The Kier molecular flexibility index (Phi) is 3.44. The molecule has 0 saturated carbocycles. The zero-order valence-electron chi connectivity index (χ0n) is 10.4. The summed E-state index contributed by atoms with van der Waals surface area (Å²) in [5.74, 6) is -1.64. The van der Waals surface area contributed by atoms with Crippen LogP contribution in [0.3, 0.4) is 0 Å². The number of hydrogen-bond donors (Lipinski definition) is 3. The lowest BCUT2D eigenvalue weighted by atomic mass is 10.1. The van der Waals surface area contributed by atoms with Gasteiger partial charge in [-0.3, -0.25) is 4.79 Å². The van der Waals surface area contributed by atoms with Crippen LogP contribution in [0.4, 0.5) is 0 Å². The van der Waals surface area contributed by atoms with E-state index in [-0.39, 0.29) is 24.3 Å². The Balaban J connectivity index is 2.33. The van der Waals surface area contributed by atoms with E-state index in [0.717, 1.165) is 4.90 Å². The molecule has 0 aliphatic carbocycles. The van der Waals surface area contributed by atoms with Gasteiger partial charge in [0.25, 0.3) is 5.91 Å². The van der Waals surface area contributed by atoms with Crippen LogP contribution in [0.1, 0.15) is 22.3 Å². The van der Waals surface area contributed by atoms with Crippen LogP contribution < -0.4 is 0 Å². The van der Waals surface area contributed by atoms with Crippen molar-refractivity contribution in [1.29, 1.82) is 0 Å². The summed E-state index contributed by atoms with van der Waals surface area (Å²) in [4.78, 5) is 24.5. The second kappa shape index (κ2) is 4.89. The van der Waals surface area contributed by atoms with Gasteiger partial charge in [0.2, 0.25) is 0 Å². The summed E-state index contributed by atoms with van der Waals surface area (Å²) in [6.45, 7) is 1.58. The van der Waals surface area contributed by atoms with Crippen LogP contribution in [0.2, 0.25) is 0 Å². The van der Waals surface area contributed by atoms with Crippen LogP contribution in [0.5, 0.6) is 5.75 Å². The molecule has 3 N–H and O–H groups in total. The molecule has 0 aromatic heterocycles. The van der Waals surface area contributed by atoms with E-state index in [9.17, 15) is 19.8 Å². The van der Waals surface area contributed by atoms with Gasteiger partial charge in [-0.1, -0.05) is 6.07 Å². The van der Waals surface area contributed by atoms with Crippen molar-refractivity contribution in [3.05, 3.63) is 29.3 Å². The Labute approximate surface area is 109 Å². The Bertz CT molecular complexity index is 528. The van der Waals surface area contributed by atoms with Crippen molar-refractivity contribution in [3.63, 3.8) is 0 Å². The standard InChI is InChI=1S/C13H15NO5/c1-7-9(3-2-4-11(7)16)12(17)14-6-8(15)5-10(14)13(18)19/h2-4,8,10,15-16H,5-6H2,1H3,(H,18,19)/t8-,10+/m1/s1. The minimum absolute atomic E-state index is 0.00903. The monoisotopic (exact) mass is 265 g/mol. The molecule has 1 aromatic carbocycles. The molecule has 1 aliphatic heterocycles. The lowest BCUT2D eigenvalue weighted by Crippen LogP contribution is -2.40. The van der Waals surface area contributed by atoms with Crippen molar-refractivity contribution in [1.82, 2.24) is 4.90 Å². The Morgan fingerprint density at radius 3 is 2.68 bits per heavy atom. The first kappa shape index (κ1) is 13.4. The molecule has 1 saturated heterocycles. The molecule has 102 valence electrons. The molecular formula is C13H15NO5. The van der Waals surface area contributed by atoms with Crippen LogP contribution in [0.15, 0.2) is 18.2 Å². The predicted molar refractivity (Wildman–Crippen MR) is 65.9 cm³/mol. The average Bonchev–Trinajstić information content (AvgIpc) is 2.74. The van der Waals surface area contributed by atoms with Crippen molar-refractivity contribution >= 4 is 11.9 Å². The summed E-state index contributed by atoms with van der Waals surface area (Å²) < 4.78 is 0. The third-order valence-electron chi connectivity index (χ3n) is 3.36. The maximum Gasteiger partial charge on any atom is 0.326 e. The number of amides is 1. The third kappa shape index (κ3) is 2.39. The van der Waals surface area contributed by atoms with Gasteiger partial charge in [0.05, 0.1) is 6.10 Å². The van der Waals surface area contributed by atoms with Crippen molar-refractivity contribution in [3.8, 4) is 5.75 Å². The molecule has 2 atom stereocenters. The number of rotatable bonds is 2. The number of β-amino-alcohol motifs (C(OH)–C–C–N with tert-alkyl or cyclic N) is 1. The highest BCUT2D eigenvalue weighted by Crippen LogP contribution is 2.25. The van der Waals surface area contributed by atoms with Crippen LogP contribution in [0.25, 0.3) is 0 Å². The second-order valence-electron chi connectivity index (χ2n) is 4.65. The van der Waals surface area contributed by atoms with Gasteiger partial charge in [-0.25, -0.2) is 4.79 Å². The topological polar surface area (TPSA) is 98.1 Å². The normalized spacial score (nSPS) is 22.5. The molecule has 1 heterocycles. The number of carboxylic acids is 1.